The number of nitrogens with one attached hydrogen (secondary N) is 1. The highest BCUT2D eigenvalue weighted by molar-refractivity contribution is 5.92. The van der Waals surface area contributed by atoms with Gasteiger partial charge in [-0.15, -0.1) is 0 Å². The first-order valence-electron chi connectivity index (χ1n) is 12.7. The van der Waals surface area contributed by atoms with Crippen LogP contribution in [0.5, 0.6) is 17.2 Å². The van der Waals surface area contributed by atoms with E-state index in [9.17, 15) is 4.79 Å². The smallest absolute Gasteiger partial charge is 0.273 e. The van der Waals surface area contributed by atoms with Gasteiger partial charge in [-0.25, -0.2) is 4.98 Å². The van der Waals surface area contributed by atoms with Gasteiger partial charge in [0.05, 0.1) is 19.2 Å². The fourth-order valence-electron chi connectivity index (χ4n) is 4.36. The molecule has 0 unspecified atom stereocenters. The molecule has 38 heavy (non-hydrogen) atoms. The first-order chi connectivity index (χ1) is 18.6. The molecule has 0 saturated carbocycles. The van der Waals surface area contributed by atoms with Gasteiger partial charge >= 0.3 is 0 Å². The molecule has 5 rings (SSSR count). The van der Waals surface area contributed by atoms with E-state index in [-0.39, 0.29) is 24.4 Å². The second kappa shape index (κ2) is 11.8. The zero-order valence-electron chi connectivity index (χ0n) is 21.6. The van der Waals surface area contributed by atoms with Crippen molar-refractivity contribution >= 4 is 5.91 Å². The summed E-state index contributed by atoms with van der Waals surface area (Å²) >= 11 is 0. The molecule has 8 heteroatoms. The predicted molar refractivity (Wildman–Crippen MR) is 142 cm³/mol. The molecule has 1 aliphatic heterocycles. The van der Waals surface area contributed by atoms with E-state index < -0.39 is 0 Å². The topological polar surface area (TPSA) is 86.1 Å². The number of rotatable bonds is 11. The Bertz CT molecular complexity index is 1350. The molecule has 0 radical (unpaired) electrons. The molecule has 3 aromatic carbocycles. The van der Waals surface area contributed by atoms with E-state index in [0.717, 1.165) is 33.9 Å². The lowest BCUT2D eigenvalue weighted by molar-refractivity contribution is 0.0934. The summed E-state index contributed by atoms with van der Waals surface area (Å²) in [6.07, 6.45) is 1.41. The Hall–Kier alpha value is -4.30. The third-order valence-electron chi connectivity index (χ3n) is 6.27. The van der Waals surface area contributed by atoms with Gasteiger partial charge in [0, 0.05) is 13.1 Å². The molecule has 1 aliphatic rings. The molecular weight excluding hydrogens is 482 g/mol. The normalized spacial score (nSPS) is 12.9. The van der Waals surface area contributed by atoms with Crippen molar-refractivity contribution in [3.05, 3.63) is 107 Å². The maximum atomic E-state index is 12.8. The van der Waals surface area contributed by atoms with Crippen LogP contribution in [0.1, 0.15) is 53.0 Å². The lowest BCUT2D eigenvalue weighted by Gasteiger charge is -2.21. The lowest BCUT2D eigenvalue weighted by Crippen LogP contribution is -2.27. The number of carbonyl (C=O) groups is 1. The van der Waals surface area contributed by atoms with Crippen molar-refractivity contribution in [1.82, 2.24) is 15.2 Å². The van der Waals surface area contributed by atoms with Crippen LogP contribution in [0.25, 0.3) is 0 Å². The minimum atomic E-state index is -0.273. The van der Waals surface area contributed by atoms with Crippen molar-refractivity contribution in [3.63, 3.8) is 0 Å². The number of amides is 1. The number of ether oxygens (including phenoxy) is 3. The zero-order chi connectivity index (χ0) is 26.3. The molecule has 1 amide bonds. The van der Waals surface area contributed by atoms with Gasteiger partial charge in [-0.1, -0.05) is 48.5 Å². The average Bonchev–Trinajstić information content (AvgIpc) is 3.60. The Morgan fingerprint density at radius 1 is 0.974 bits per heavy atom. The molecule has 1 aromatic heterocycles. The van der Waals surface area contributed by atoms with E-state index in [1.165, 1.54) is 6.26 Å². The number of nitrogens with zero attached hydrogens (tertiary/aromatic N) is 2. The summed E-state index contributed by atoms with van der Waals surface area (Å²) in [5.41, 5.74) is 3.47. The molecule has 1 N–H and O–H groups in total. The van der Waals surface area contributed by atoms with Crippen LogP contribution in [0, 0.1) is 0 Å². The van der Waals surface area contributed by atoms with Crippen molar-refractivity contribution in [1.29, 1.82) is 0 Å². The van der Waals surface area contributed by atoms with Crippen LogP contribution < -0.4 is 19.5 Å². The fourth-order valence-corrected chi connectivity index (χ4v) is 4.36. The van der Waals surface area contributed by atoms with Crippen molar-refractivity contribution in [2.75, 3.05) is 13.4 Å². The molecular formula is C30H31N3O5. The number of aromatic nitrogens is 1. The minimum absolute atomic E-state index is 0.147. The number of hydrogen-bond donors (Lipinski definition) is 1. The van der Waals surface area contributed by atoms with Gasteiger partial charge in [0.2, 0.25) is 12.7 Å². The van der Waals surface area contributed by atoms with Gasteiger partial charge in [-0.2, -0.15) is 0 Å². The van der Waals surface area contributed by atoms with Crippen LogP contribution >= 0.6 is 0 Å². The van der Waals surface area contributed by atoms with E-state index in [2.05, 4.69) is 27.3 Å². The maximum absolute atomic E-state index is 12.8. The highest BCUT2D eigenvalue weighted by Crippen LogP contribution is 2.33. The maximum Gasteiger partial charge on any atom is 0.273 e. The summed E-state index contributed by atoms with van der Waals surface area (Å²) < 4.78 is 22.3. The van der Waals surface area contributed by atoms with Crippen LogP contribution in [-0.4, -0.2) is 29.2 Å². The van der Waals surface area contributed by atoms with E-state index in [0.29, 0.717) is 32.1 Å². The first kappa shape index (κ1) is 25.4. The van der Waals surface area contributed by atoms with E-state index in [1.54, 1.807) is 0 Å². The number of benzene rings is 3. The molecule has 196 valence electrons. The molecule has 0 spiro atoms. The minimum Gasteiger partial charge on any atom is -0.494 e. The Balaban J connectivity index is 1.29. The fraction of sp³-hybridized carbons (Fsp3) is 0.267. The van der Waals surface area contributed by atoms with Crippen molar-refractivity contribution in [3.8, 4) is 17.2 Å². The summed E-state index contributed by atoms with van der Waals surface area (Å²) in [5, 5.41) is 2.99. The summed E-state index contributed by atoms with van der Waals surface area (Å²) in [5.74, 6) is 2.53. The molecule has 0 fully saturated rings. The van der Waals surface area contributed by atoms with Gasteiger partial charge in [0.15, 0.2) is 17.2 Å². The van der Waals surface area contributed by atoms with E-state index >= 15 is 0 Å². The standard InChI is InChI=1S/C30H31N3O5/c1-3-35-25-12-9-22(10-13-25)16-33(17-23-11-14-27-28(15-23)38-20-37-27)18-29-32-26(19-36-29)30(34)31-21(2)24-7-5-4-6-8-24/h4-15,19,21H,3,16-18,20H2,1-2H3,(H,31,34)/t21-/m1/s1. The Morgan fingerprint density at radius 3 is 2.50 bits per heavy atom. The molecule has 0 bridgehead atoms. The Morgan fingerprint density at radius 2 is 1.71 bits per heavy atom. The second-order valence-corrected chi connectivity index (χ2v) is 9.14. The Labute approximate surface area is 222 Å². The molecule has 2 heterocycles. The molecule has 0 aliphatic carbocycles. The number of oxazole rings is 1. The molecule has 0 saturated heterocycles. The molecule has 1 atom stereocenters. The number of fused-ring (bicyclic) bond motifs is 1. The summed E-state index contributed by atoms with van der Waals surface area (Å²) in [4.78, 5) is 19.5. The summed E-state index contributed by atoms with van der Waals surface area (Å²) in [6, 6.07) is 23.7. The van der Waals surface area contributed by atoms with Gasteiger partial charge in [0.1, 0.15) is 12.0 Å². The zero-order valence-corrected chi connectivity index (χ0v) is 21.6. The highest BCUT2D eigenvalue weighted by atomic mass is 16.7. The van der Waals surface area contributed by atoms with E-state index in [1.807, 2.05) is 74.5 Å². The van der Waals surface area contributed by atoms with Crippen LogP contribution in [-0.2, 0) is 19.6 Å². The van der Waals surface area contributed by atoms with Crippen molar-refractivity contribution < 1.29 is 23.4 Å². The van der Waals surface area contributed by atoms with Crippen LogP contribution in [0.4, 0.5) is 0 Å². The largest absolute Gasteiger partial charge is 0.494 e. The number of hydrogen-bond acceptors (Lipinski definition) is 7. The van der Waals surface area contributed by atoms with Crippen molar-refractivity contribution in [2.24, 2.45) is 0 Å². The monoisotopic (exact) mass is 513 g/mol. The average molecular weight is 514 g/mol. The van der Waals surface area contributed by atoms with Crippen molar-refractivity contribution in [2.45, 2.75) is 39.5 Å². The predicted octanol–water partition coefficient (Wildman–Crippen LogP) is 5.50. The molecule has 4 aromatic rings. The summed E-state index contributed by atoms with van der Waals surface area (Å²) in [6.45, 7) is 6.46. The quantitative estimate of drug-likeness (QED) is 0.284. The second-order valence-electron chi connectivity index (χ2n) is 9.14. The van der Waals surface area contributed by atoms with Gasteiger partial charge in [-0.05, 0) is 54.8 Å². The first-order valence-corrected chi connectivity index (χ1v) is 12.7. The van der Waals surface area contributed by atoms with Gasteiger partial charge < -0.3 is 23.9 Å². The van der Waals surface area contributed by atoms with Gasteiger partial charge in [0.25, 0.3) is 5.91 Å². The summed E-state index contributed by atoms with van der Waals surface area (Å²) in [7, 11) is 0. The lowest BCUT2D eigenvalue weighted by atomic mass is 10.1. The SMILES string of the molecule is CCOc1ccc(CN(Cc2ccc3c(c2)OCO3)Cc2nc(C(=O)N[C@H](C)c3ccccc3)co2)cc1. The number of carbonyl (C=O) groups excluding carboxylic acids is 1. The third kappa shape index (κ3) is 6.33. The van der Waals surface area contributed by atoms with Crippen LogP contribution in [0.2, 0.25) is 0 Å². The molecule has 8 nitrogen and oxygen atoms in total. The highest BCUT2D eigenvalue weighted by Gasteiger charge is 2.19. The Kier molecular flexibility index (Phi) is 7.89. The van der Waals surface area contributed by atoms with E-state index in [4.69, 9.17) is 18.6 Å². The van der Waals surface area contributed by atoms with Crippen LogP contribution in [0.15, 0.2) is 83.5 Å². The van der Waals surface area contributed by atoms with Crippen LogP contribution in [0.3, 0.4) is 0 Å². The van der Waals surface area contributed by atoms with Gasteiger partial charge in [-0.3, -0.25) is 9.69 Å². The third-order valence-corrected chi connectivity index (χ3v) is 6.27.